The molecule has 0 N–H and O–H groups in total. The zero-order chi connectivity index (χ0) is 22.1. The zero-order valence-electron chi connectivity index (χ0n) is 19.3. The molecule has 2 heterocycles. The maximum atomic E-state index is 12.8. The minimum absolute atomic E-state index is 0.327. The first-order valence-corrected chi connectivity index (χ1v) is 12.0. The Kier molecular flexibility index (Phi) is 6.09. The van der Waals surface area contributed by atoms with Crippen LogP contribution in [0.15, 0.2) is 42.5 Å². The number of benzene rings is 2. The molecular formula is C27H34N2O3. The fourth-order valence-corrected chi connectivity index (χ4v) is 6.08. The van der Waals surface area contributed by atoms with Crippen LogP contribution < -0.4 is 9.47 Å². The van der Waals surface area contributed by atoms with Crippen LogP contribution in [0.5, 0.6) is 11.5 Å². The monoisotopic (exact) mass is 434 g/mol. The number of rotatable bonds is 6. The molecule has 0 saturated carbocycles. The Balaban J connectivity index is 1.22. The van der Waals surface area contributed by atoms with Crippen LogP contribution >= 0.6 is 0 Å². The van der Waals surface area contributed by atoms with E-state index in [4.69, 9.17) is 9.47 Å². The fourth-order valence-electron chi connectivity index (χ4n) is 6.08. The number of carbonyl (C=O) groups is 1. The van der Waals surface area contributed by atoms with Gasteiger partial charge in [-0.1, -0.05) is 30.3 Å². The summed E-state index contributed by atoms with van der Waals surface area (Å²) >= 11 is 0. The number of hydrogen-bond acceptors (Lipinski definition) is 4. The largest absolute Gasteiger partial charge is 0.493 e. The lowest BCUT2D eigenvalue weighted by Crippen LogP contribution is -2.58. The number of carbonyl (C=O) groups excluding carboxylic acids is 1. The van der Waals surface area contributed by atoms with Gasteiger partial charge in [0.1, 0.15) is 0 Å². The average molecular weight is 435 g/mol. The molecule has 2 aromatic rings. The van der Waals surface area contributed by atoms with E-state index in [-0.39, 0.29) is 0 Å². The molecule has 2 aromatic carbocycles. The SMILES string of the molecule is COc1ccc(CCN2C(=O)CC[C@@H]3CN(C4Cc5ccccc5C4)CC[C@@H]32)cc1OC. The van der Waals surface area contributed by atoms with E-state index in [9.17, 15) is 4.79 Å². The Morgan fingerprint density at radius 2 is 1.72 bits per heavy atom. The van der Waals surface area contributed by atoms with Crippen molar-refractivity contribution in [3.8, 4) is 11.5 Å². The van der Waals surface area contributed by atoms with Gasteiger partial charge in [0.15, 0.2) is 11.5 Å². The Morgan fingerprint density at radius 3 is 2.44 bits per heavy atom. The number of hydrogen-bond donors (Lipinski definition) is 0. The molecule has 170 valence electrons. The van der Waals surface area contributed by atoms with E-state index in [0.29, 0.717) is 30.3 Å². The van der Waals surface area contributed by atoms with Gasteiger partial charge in [-0.25, -0.2) is 0 Å². The molecule has 5 rings (SSSR count). The Morgan fingerprint density at radius 1 is 0.969 bits per heavy atom. The van der Waals surface area contributed by atoms with Crippen molar-refractivity contribution < 1.29 is 14.3 Å². The van der Waals surface area contributed by atoms with Crippen molar-refractivity contribution in [1.29, 1.82) is 0 Å². The number of likely N-dealkylation sites (tertiary alicyclic amines) is 2. The van der Waals surface area contributed by atoms with Crippen LogP contribution in [0.3, 0.4) is 0 Å². The van der Waals surface area contributed by atoms with Crippen LogP contribution in [0.2, 0.25) is 0 Å². The van der Waals surface area contributed by atoms with Gasteiger partial charge in [0.25, 0.3) is 0 Å². The van der Waals surface area contributed by atoms with E-state index in [2.05, 4.69) is 40.1 Å². The van der Waals surface area contributed by atoms with Crippen molar-refractivity contribution in [3.05, 3.63) is 59.2 Å². The molecule has 1 amide bonds. The van der Waals surface area contributed by atoms with Gasteiger partial charge in [-0.05, 0) is 66.8 Å². The number of amides is 1. The molecule has 0 radical (unpaired) electrons. The molecule has 0 aromatic heterocycles. The second-order valence-electron chi connectivity index (χ2n) is 9.51. The third-order valence-electron chi connectivity index (χ3n) is 7.81. The maximum Gasteiger partial charge on any atom is 0.222 e. The van der Waals surface area contributed by atoms with Gasteiger partial charge in [-0.2, -0.15) is 0 Å². The lowest BCUT2D eigenvalue weighted by Gasteiger charge is -2.48. The Bertz CT molecular complexity index is 950. The van der Waals surface area contributed by atoms with Crippen LogP contribution in [0.25, 0.3) is 0 Å². The molecule has 5 nitrogen and oxygen atoms in total. The predicted molar refractivity (Wildman–Crippen MR) is 125 cm³/mol. The third kappa shape index (κ3) is 4.11. The topological polar surface area (TPSA) is 42.0 Å². The van der Waals surface area contributed by atoms with Gasteiger partial charge in [-0.3, -0.25) is 9.69 Å². The van der Waals surface area contributed by atoms with Crippen molar-refractivity contribution in [3.63, 3.8) is 0 Å². The number of ether oxygens (including phenoxy) is 2. The highest BCUT2D eigenvalue weighted by molar-refractivity contribution is 5.77. The van der Waals surface area contributed by atoms with Gasteiger partial charge in [0.2, 0.25) is 5.91 Å². The highest BCUT2D eigenvalue weighted by Crippen LogP contribution is 2.35. The van der Waals surface area contributed by atoms with Gasteiger partial charge in [0, 0.05) is 38.1 Å². The van der Waals surface area contributed by atoms with E-state index >= 15 is 0 Å². The highest BCUT2D eigenvalue weighted by atomic mass is 16.5. The highest BCUT2D eigenvalue weighted by Gasteiger charge is 2.41. The normalized spacial score (nSPS) is 23.7. The first-order valence-electron chi connectivity index (χ1n) is 12.0. The van der Waals surface area contributed by atoms with Gasteiger partial charge < -0.3 is 14.4 Å². The van der Waals surface area contributed by atoms with Crippen molar-refractivity contribution >= 4 is 5.91 Å². The van der Waals surface area contributed by atoms with E-state index in [0.717, 1.165) is 50.4 Å². The van der Waals surface area contributed by atoms with Crippen molar-refractivity contribution in [2.75, 3.05) is 33.9 Å². The minimum Gasteiger partial charge on any atom is -0.493 e. The molecule has 2 fully saturated rings. The summed E-state index contributed by atoms with van der Waals surface area (Å²) in [5.74, 6) is 2.41. The van der Waals surface area contributed by atoms with E-state index < -0.39 is 0 Å². The van der Waals surface area contributed by atoms with Crippen molar-refractivity contribution in [2.24, 2.45) is 5.92 Å². The van der Waals surface area contributed by atoms with Crippen molar-refractivity contribution in [2.45, 2.75) is 50.6 Å². The lowest BCUT2D eigenvalue weighted by atomic mass is 9.82. The van der Waals surface area contributed by atoms with Crippen LogP contribution in [0.4, 0.5) is 0 Å². The third-order valence-corrected chi connectivity index (χ3v) is 7.81. The number of piperidine rings is 2. The lowest BCUT2D eigenvalue weighted by molar-refractivity contribution is -0.141. The fraction of sp³-hybridized carbons (Fsp3) is 0.519. The number of nitrogens with zero attached hydrogens (tertiary/aromatic N) is 2. The second-order valence-corrected chi connectivity index (χ2v) is 9.51. The van der Waals surface area contributed by atoms with Crippen molar-refractivity contribution in [1.82, 2.24) is 9.80 Å². The van der Waals surface area contributed by atoms with E-state index in [1.807, 2.05) is 12.1 Å². The van der Waals surface area contributed by atoms with E-state index in [1.54, 1.807) is 14.2 Å². The summed E-state index contributed by atoms with van der Waals surface area (Å²) in [5, 5.41) is 0. The zero-order valence-corrected chi connectivity index (χ0v) is 19.3. The summed E-state index contributed by atoms with van der Waals surface area (Å²) in [5.41, 5.74) is 4.23. The van der Waals surface area contributed by atoms with Gasteiger partial charge >= 0.3 is 0 Å². The van der Waals surface area contributed by atoms with E-state index in [1.165, 1.54) is 29.5 Å². The first-order chi connectivity index (χ1) is 15.7. The molecule has 2 aliphatic heterocycles. The van der Waals surface area contributed by atoms with Crippen LogP contribution in [-0.2, 0) is 24.1 Å². The average Bonchev–Trinajstić information content (AvgIpc) is 3.27. The Hall–Kier alpha value is -2.53. The molecule has 2 saturated heterocycles. The summed E-state index contributed by atoms with van der Waals surface area (Å²) in [4.78, 5) is 17.7. The maximum absolute atomic E-state index is 12.8. The molecule has 32 heavy (non-hydrogen) atoms. The summed E-state index contributed by atoms with van der Waals surface area (Å²) in [6.07, 6.45) is 6.01. The van der Waals surface area contributed by atoms with Crippen LogP contribution in [0, 0.1) is 5.92 Å². The molecule has 3 aliphatic rings. The quantitative estimate of drug-likeness (QED) is 0.695. The molecule has 1 aliphatic carbocycles. The molecular weight excluding hydrogens is 400 g/mol. The summed E-state index contributed by atoms with van der Waals surface area (Å²) in [6.45, 7) is 3.01. The van der Waals surface area contributed by atoms with Crippen LogP contribution in [0.1, 0.15) is 36.0 Å². The standard InChI is InChI=1S/C27H34N2O3/c1-31-25-9-7-19(15-26(25)32-2)11-14-29-24-12-13-28(18-22(24)8-10-27(29)30)23-16-20-5-3-4-6-21(20)17-23/h3-7,9,15,22-24H,8,10-14,16-18H2,1-2H3/t22-,24+/m1/s1. The van der Waals surface area contributed by atoms with Gasteiger partial charge in [0.05, 0.1) is 14.2 Å². The Labute approximate surface area is 191 Å². The minimum atomic E-state index is 0.327. The summed E-state index contributed by atoms with van der Waals surface area (Å²) in [6, 6.07) is 16.0. The predicted octanol–water partition coefficient (Wildman–Crippen LogP) is 3.73. The molecule has 2 atom stereocenters. The summed E-state index contributed by atoms with van der Waals surface area (Å²) in [7, 11) is 3.32. The molecule has 5 heteroatoms. The number of fused-ring (bicyclic) bond motifs is 2. The second kappa shape index (κ2) is 9.14. The molecule has 0 bridgehead atoms. The van der Waals surface area contributed by atoms with Crippen LogP contribution in [-0.4, -0.2) is 61.6 Å². The molecule has 0 spiro atoms. The number of methoxy groups -OCH3 is 2. The molecule has 0 unspecified atom stereocenters. The van der Waals surface area contributed by atoms with Gasteiger partial charge in [-0.15, -0.1) is 0 Å². The smallest absolute Gasteiger partial charge is 0.222 e. The first kappa shape index (κ1) is 21.3. The summed E-state index contributed by atoms with van der Waals surface area (Å²) < 4.78 is 10.8.